The molecular formula is C28H33NO11. The molecule has 4 aliphatic rings. The van der Waals surface area contributed by atoms with Crippen molar-refractivity contribution in [3.63, 3.8) is 0 Å². The van der Waals surface area contributed by atoms with Gasteiger partial charge >= 0.3 is 23.9 Å². The van der Waals surface area contributed by atoms with Crippen LogP contribution in [0.2, 0.25) is 0 Å². The van der Waals surface area contributed by atoms with Crippen LogP contribution in [-0.4, -0.2) is 90.2 Å². The highest BCUT2D eigenvalue weighted by molar-refractivity contribution is 5.86. The van der Waals surface area contributed by atoms with Crippen LogP contribution < -0.4 is 9.47 Å². The van der Waals surface area contributed by atoms with E-state index in [2.05, 4.69) is 4.90 Å². The van der Waals surface area contributed by atoms with Crippen molar-refractivity contribution in [1.82, 2.24) is 4.90 Å². The Hall–Kier alpha value is -3.64. The lowest BCUT2D eigenvalue weighted by molar-refractivity contribution is -0.178. The van der Waals surface area contributed by atoms with Gasteiger partial charge < -0.3 is 38.8 Å². The Kier molecular flexibility index (Phi) is 7.26. The van der Waals surface area contributed by atoms with Gasteiger partial charge in [-0.15, -0.1) is 0 Å². The quantitative estimate of drug-likeness (QED) is 0.313. The highest BCUT2D eigenvalue weighted by Crippen LogP contribution is 2.65. The number of aliphatic carboxylic acids is 1. The van der Waals surface area contributed by atoms with E-state index >= 15 is 0 Å². The SMILES string of the molecule is CCOC(=O)C[C@H](OC(=O)CCC(=O)O)C(=O)OC1=CC[C@]2(O)[C@@H]3Cc4ccc(OC)c5c4[C@]2(CCN3C)[C@@H]1O5. The molecule has 40 heavy (non-hydrogen) atoms. The second-order valence-electron chi connectivity index (χ2n) is 10.6. The molecule has 5 rings (SSSR count). The minimum Gasteiger partial charge on any atom is -0.493 e. The zero-order valence-corrected chi connectivity index (χ0v) is 22.6. The lowest BCUT2D eigenvalue weighted by Gasteiger charge is -2.61. The second kappa shape index (κ2) is 10.4. The van der Waals surface area contributed by atoms with E-state index in [1.807, 2.05) is 19.2 Å². The maximum absolute atomic E-state index is 13.4. The van der Waals surface area contributed by atoms with E-state index in [1.165, 1.54) is 7.11 Å². The Morgan fingerprint density at radius 1 is 1.20 bits per heavy atom. The molecule has 2 N–H and O–H groups in total. The van der Waals surface area contributed by atoms with Gasteiger partial charge in [0.15, 0.2) is 17.6 Å². The summed E-state index contributed by atoms with van der Waals surface area (Å²) in [6.07, 6.45) is -1.18. The standard InChI is InChI=1S/C28H33NO11/c1-4-37-22(33)14-18(38-21(32)8-7-20(30)31)26(34)39-17-9-10-28(35)19-13-15-5-6-16(36-3)24-23(15)27(28,25(17)40-24)11-12-29(19)2/h5-6,9,18-19,25,35H,4,7-8,10-14H2,1-3H3,(H,30,31)/t18-,19-,25+,27+,28-/m0/s1. The summed E-state index contributed by atoms with van der Waals surface area (Å²) < 4.78 is 27.9. The van der Waals surface area contributed by atoms with Crippen molar-refractivity contribution < 1.29 is 53.1 Å². The maximum atomic E-state index is 13.4. The number of hydrogen-bond acceptors (Lipinski definition) is 11. The van der Waals surface area contributed by atoms with Crippen molar-refractivity contribution in [1.29, 1.82) is 0 Å². The number of likely N-dealkylation sites (N-methyl/N-ethyl adjacent to an activating group) is 1. The molecule has 216 valence electrons. The minimum atomic E-state index is -1.66. The third-order valence-corrected chi connectivity index (χ3v) is 8.51. The van der Waals surface area contributed by atoms with Crippen molar-refractivity contribution in [2.75, 3.05) is 27.3 Å². The predicted molar refractivity (Wildman–Crippen MR) is 136 cm³/mol. The molecule has 12 heteroatoms. The number of piperidine rings is 1. The lowest BCUT2D eigenvalue weighted by atomic mass is 9.50. The number of aliphatic hydroxyl groups is 1. The van der Waals surface area contributed by atoms with Crippen LogP contribution in [0, 0.1) is 0 Å². The second-order valence-corrected chi connectivity index (χ2v) is 10.6. The number of carbonyl (C=O) groups excluding carboxylic acids is 3. The Bertz CT molecular complexity index is 1270. The molecule has 12 nitrogen and oxygen atoms in total. The predicted octanol–water partition coefficient (Wildman–Crippen LogP) is 1.25. The number of carboxylic acid groups (broad SMARTS) is 1. The van der Waals surface area contributed by atoms with Gasteiger partial charge in [0.2, 0.25) is 6.10 Å². The van der Waals surface area contributed by atoms with Gasteiger partial charge in [-0.25, -0.2) is 4.79 Å². The van der Waals surface area contributed by atoms with E-state index in [1.54, 1.807) is 13.0 Å². The molecule has 0 radical (unpaired) electrons. The topological polar surface area (TPSA) is 158 Å². The highest BCUT2D eigenvalue weighted by Gasteiger charge is 2.72. The molecule has 1 aromatic carbocycles. The van der Waals surface area contributed by atoms with Crippen molar-refractivity contribution in [3.8, 4) is 11.5 Å². The third kappa shape index (κ3) is 4.29. The zero-order chi connectivity index (χ0) is 28.8. The summed E-state index contributed by atoms with van der Waals surface area (Å²) in [6.45, 7) is 2.32. The fraction of sp³-hybridized carbons (Fsp3) is 0.571. The average molecular weight is 560 g/mol. The molecule has 1 aromatic rings. The van der Waals surface area contributed by atoms with Crippen LogP contribution in [0.3, 0.4) is 0 Å². The number of carbonyl (C=O) groups is 4. The number of hydrogen-bond donors (Lipinski definition) is 2. The molecule has 2 aliphatic heterocycles. The summed E-state index contributed by atoms with van der Waals surface area (Å²) in [5.41, 5.74) is -0.243. The summed E-state index contributed by atoms with van der Waals surface area (Å²) in [5.74, 6) is -2.86. The molecule has 2 aliphatic carbocycles. The number of methoxy groups -OCH3 is 1. The van der Waals surface area contributed by atoms with Gasteiger partial charge in [-0.05, 0) is 51.1 Å². The molecule has 1 fully saturated rings. The number of esters is 3. The van der Waals surface area contributed by atoms with Crippen LogP contribution in [0.5, 0.6) is 11.5 Å². The fourth-order valence-electron chi connectivity index (χ4n) is 6.74. The van der Waals surface area contributed by atoms with E-state index < -0.39 is 66.4 Å². The summed E-state index contributed by atoms with van der Waals surface area (Å²) in [4.78, 5) is 50.8. The van der Waals surface area contributed by atoms with E-state index in [9.17, 15) is 24.3 Å². The molecule has 0 unspecified atom stereocenters. The Labute approximate surface area is 230 Å². The lowest BCUT2D eigenvalue weighted by Crippen LogP contribution is -2.74. The van der Waals surface area contributed by atoms with Crippen LogP contribution >= 0.6 is 0 Å². The van der Waals surface area contributed by atoms with Crippen molar-refractivity contribution in [3.05, 3.63) is 35.1 Å². The minimum absolute atomic E-state index is 0.0494. The van der Waals surface area contributed by atoms with Gasteiger partial charge in [-0.3, -0.25) is 14.4 Å². The molecule has 0 amide bonds. The van der Waals surface area contributed by atoms with Gasteiger partial charge in [0.1, 0.15) is 5.76 Å². The van der Waals surface area contributed by atoms with E-state index in [-0.39, 0.29) is 24.8 Å². The smallest absolute Gasteiger partial charge is 0.353 e. The third-order valence-electron chi connectivity index (χ3n) is 8.51. The summed E-state index contributed by atoms with van der Waals surface area (Å²) in [7, 11) is 3.51. The van der Waals surface area contributed by atoms with Gasteiger partial charge in [0, 0.05) is 18.0 Å². The van der Waals surface area contributed by atoms with Gasteiger partial charge in [0.25, 0.3) is 0 Å². The van der Waals surface area contributed by atoms with Crippen LogP contribution in [0.25, 0.3) is 0 Å². The summed E-state index contributed by atoms with van der Waals surface area (Å²) in [6, 6.07) is 3.61. The number of benzene rings is 1. The van der Waals surface area contributed by atoms with E-state index in [0.717, 1.165) is 11.1 Å². The maximum Gasteiger partial charge on any atom is 0.353 e. The number of carboxylic acids is 1. The molecule has 0 saturated carbocycles. The highest BCUT2D eigenvalue weighted by atomic mass is 16.6. The Balaban J connectivity index is 1.47. The summed E-state index contributed by atoms with van der Waals surface area (Å²) in [5, 5.41) is 21.1. The molecule has 2 heterocycles. The number of nitrogens with zero attached hydrogens (tertiary/aromatic N) is 1. The first-order valence-electron chi connectivity index (χ1n) is 13.3. The monoisotopic (exact) mass is 559 g/mol. The first-order chi connectivity index (χ1) is 19.0. The zero-order valence-electron chi connectivity index (χ0n) is 22.6. The molecular weight excluding hydrogens is 526 g/mol. The van der Waals surface area contributed by atoms with Crippen LogP contribution in [0.15, 0.2) is 24.0 Å². The molecule has 5 atom stereocenters. The average Bonchev–Trinajstić information content (AvgIpc) is 3.26. The number of ether oxygens (including phenoxy) is 5. The normalized spacial score (nSPS) is 28.4. The van der Waals surface area contributed by atoms with E-state index in [0.29, 0.717) is 30.9 Å². The van der Waals surface area contributed by atoms with Crippen molar-refractivity contribution in [2.24, 2.45) is 0 Å². The largest absolute Gasteiger partial charge is 0.493 e. The Morgan fingerprint density at radius 3 is 2.67 bits per heavy atom. The number of likely N-dealkylation sites (tertiary alicyclic amines) is 1. The fourth-order valence-corrected chi connectivity index (χ4v) is 6.74. The van der Waals surface area contributed by atoms with Crippen LogP contribution in [0.4, 0.5) is 0 Å². The van der Waals surface area contributed by atoms with Gasteiger partial charge in [0.05, 0.1) is 44.0 Å². The van der Waals surface area contributed by atoms with Crippen LogP contribution in [-0.2, 0) is 45.2 Å². The number of rotatable bonds is 10. The molecule has 0 aromatic heterocycles. The van der Waals surface area contributed by atoms with Crippen molar-refractivity contribution in [2.45, 2.75) is 74.7 Å². The van der Waals surface area contributed by atoms with E-state index in [4.69, 9.17) is 28.8 Å². The van der Waals surface area contributed by atoms with Crippen molar-refractivity contribution >= 4 is 23.9 Å². The summed E-state index contributed by atoms with van der Waals surface area (Å²) >= 11 is 0. The molecule has 1 spiro atoms. The Morgan fingerprint density at radius 2 is 1.98 bits per heavy atom. The van der Waals surface area contributed by atoms with Gasteiger partial charge in [-0.2, -0.15) is 0 Å². The molecule has 2 bridgehead atoms. The first kappa shape index (κ1) is 27.9. The first-order valence-corrected chi connectivity index (χ1v) is 13.3. The van der Waals surface area contributed by atoms with Gasteiger partial charge in [-0.1, -0.05) is 6.07 Å². The molecule has 1 saturated heterocycles. The van der Waals surface area contributed by atoms with Crippen LogP contribution in [0.1, 0.15) is 50.2 Å².